The number of esters is 2. The minimum absolute atomic E-state index is 0.177. The quantitative estimate of drug-likeness (QED) is 0.372. The summed E-state index contributed by atoms with van der Waals surface area (Å²) in [4.78, 5) is 33.7. The Bertz CT molecular complexity index is 785. The predicted molar refractivity (Wildman–Crippen MR) is 127 cm³/mol. The standard InChI is InChI=1S/C27H41NO5/c1-7-31-23(29)27(24(30)32-8-2)19-12-16-21(27)22(20-14-10-9-11-15-20)33-28-25(3,4)17-13-18-26(28,5)6/h9-11,14-15,21-22H,7-8,12-13,16-19H2,1-6H3/t21-,22-/m0/s1. The van der Waals surface area contributed by atoms with Gasteiger partial charge in [0.25, 0.3) is 0 Å². The zero-order valence-corrected chi connectivity index (χ0v) is 21.2. The monoisotopic (exact) mass is 459 g/mol. The van der Waals surface area contributed by atoms with Crippen molar-refractivity contribution < 1.29 is 23.9 Å². The number of carbonyl (C=O) groups is 2. The van der Waals surface area contributed by atoms with E-state index in [1.165, 1.54) is 0 Å². The fraction of sp³-hybridized carbons (Fsp3) is 0.704. The zero-order chi connectivity index (χ0) is 24.3. The maximum atomic E-state index is 13.4. The first-order valence-corrected chi connectivity index (χ1v) is 12.5. The van der Waals surface area contributed by atoms with Gasteiger partial charge in [0.1, 0.15) is 6.10 Å². The molecule has 1 aliphatic heterocycles. The highest BCUT2D eigenvalue weighted by Gasteiger charge is 2.61. The van der Waals surface area contributed by atoms with Gasteiger partial charge in [0.15, 0.2) is 5.41 Å². The van der Waals surface area contributed by atoms with Crippen LogP contribution in [-0.2, 0) is 23.9 Å². The third-order valence-corrected chi connectivity index (χ3v) is 7.39. The van der Waals surface area contributed by atoms with Gasteiger partial charge >= 0.3 is 11.9 Å². The van der Waals surface area contributed by atoms with E-state index in [9.17, 15) is 9.59 Å². The molecule has 0 amide bonds. The predicted octanol–water partition coefficient (Wildman–Crippen LogP) is 5.62. The van der Waals surface area contributed by atoms with E-state index in [0.29, 0.717) is 12.8 Å². The maximum absolute atomic E-state index is 13.4. The normalized spacial score (nSPS) is 24.7. The van der Waals surface area contributed by atoms with Gasteiger partial charge in [-0.1, -0.05) is 36.8 Å². The fourth-order valence-electron chi connectivity index (χ4n) is 5.94. The molecule has 1 saturated heterocycles. The van der Waals surface area contributed by atoms with Crippen molar-refractivity contribution in [3.05, 3.63) is 35.9 Å². The molecule has 1 aromatic rings. The Morgan fingerprint density at radius 1 is 0.909 bits per heavy atom. The molecule has 0 radical (unpaired) electrons. The number of ether oxygens (including phenoxy) is 2. The van der Waals surface area contributed by atoms with E-state index >= 15 is 0 Å². The van der Waals surface area contributed by atoms with Crippen LogP contribution < -0.4 is 0 Å². The Labute approximate surface area is 198 Å². The molecule has 1 aromatic carbocycles. The lowest BCUT2D eigenvalue weighted by molar-refractivity contribution is -0.319. The van der Waals surface area contributed by atoms with Crippen LogP contribution >= 0.6 is 0 Å². The Morgan fingerprint density at radius 3 is 1.97 bits per heavy atom. The smallest absolute Gasteiger partial charge is 0.323 e. The molecule has 0 unspecified atom stereocenters. The lowest BCUT2D eigenvalue weighted by Crippen LogP contribution is -2.59. The van der Waals surface area contributed by atoms with Gasteiger partial charge in [0.2, 0.25) is 0 Å². The Kier molecular flexibility index (Phi) is 7.90. The second-order valence-electron chi connectivity index (χ2n) is 10.6. The van der Waals surface area contributed by atoms with Crippen molar-refractivity contribution in [1.82, 2.24) is 5.06 Å². The average Bonchev–Trinajstić information content (AvgIpc) is 3.20. The first-order valence-electron chi connectivity index (χ1n) is 12.5. The number of rotatable bonds is 8. The lowest BCUT2D eigenvalue weighted by atomic mass is 9.73. The molecule has 2 atom stereocenters. The summed E-state index contributed by atoms with van der Waals surface area (Å²) in [5.41, 5.74) is -0.760. The van der Waals surface area contributed by atoms with E-state index in [-0.39, 0.29) is 30.2 Å². The molecule has 3 rings (SSSR count). The van der Waals surface area contributed by atoms with E-state index in [2.05, 4.69) is 32.8 Å². The van der Waals surface area contributed by atoms with Crippen LogP contribution in [0.5, 0.6) is 0 Å². The van der Waals surface area contributed by atoms with Gasteiger partial charge in [0, 0.05) is 17.0 Å². The molecule has 0 N–H and O–H groups in total. The molecule has 6 nitrogen and oxygen atoms in total. The summed E-state index contributed by atoms with van der Waals surface area (Å²) < 4.78 is 11.0. The minimum Gasteiger partial charge on any atom is -0.465 e. The van der Waals surface area contributed by atoms with Crippen molar-refractivity contribution >= 4 is 11.9 Å². The van der Waals surface area contributed by atoms with Gasteiger partial charge in [-0.25, -0.2) is 0 Å². The summed E-state index contributed by atoms with van der Waals surface area (Å²) in [5.74, 6) is -1.37. The summed E-state index contributed by atoms with van der Waals surface area (Å²) in [6.45, 7) is 12.8. The first-order chi connectivity index (χ1) is 15.6. The van der Waals surface area contributed by atoms with Gasteiger partial charge in [-0.2, -0.15) is 5.06 Å². The molecule has 0 aromatic heterocycles. The van der Waals surface area contributed by atoms with Crippen molar-refractivity contribution in [3.63, 3.8) is 0 Å². The molecule has 1 heterocycles. The number of hydrogen-bond donors (Lipinski definition) is 0. The summed E-state index contributed by atoms with van der Waals surface area (Å²) in [6.07, 6.45) is 4.53. The van der Waals surface area contributed by atoms with Crippen molar-refractivity contribution in [1.29, 1.82) is 0 Å². The Hall–Kier alpha value is -1.92. The first kappa shape index (κ1) is 25.7. The van der Waals surface area contributed by atoms with Gasteiger partial charge in [-0.15, -0.1) is 0 Å². The van der Waals surface area contributed by atoms with Gasteiger partial charge in [-0.05, 0) is 79.2 Å². The zero-order valence-electron chi connectivity index (χ0n) is 21.2. The van der Waals surface area contributed by atoms with Crippen LogP contribution in [0.4, 0.5) is 0 Å². The largest absolute Gasteiger partial charge is 0.465 e. The number of piperidine rings is 1. The lowest BCUT2D eigenvalue weighted by Gasteiger charge is -2.53. The molecule has 1 saturated carbocycles. The van der Waals surface area contributed by atoms with Gasteiger partial charge < -0.3 is 9.47 Å². The van der Waals surface area contributed by atoms with E-state index in [0.717, 1.165) is 31.2 Å². The van der Waals surface area contributed by atoms with Crippen LogP contribution in [0.25, 0.3) is 0 Å². The van der Waals surface area contributed by atoms with Gasteiger partial charge in [-0.3, -0.25) is 14.4 Å². The second kappa shape index (κ2) is 10.1. The number of hydrogen-bond acceptors (Lipinski definition) is 6. The highest BCUT2D eigenvalue weighted by Crippen LogP contribution is 2.54. The van der Waals surface area contributed by atoms with Crippen molar-refractivity contribution in [2.45, 2.75) is 97.2 Å². The summed E-state index contributed by atoms with van der Waals surface area (Å²) >= 11 is 0. The van der Waals surface area contributed by atoms with E-state index in [4.69, 9.17) is 14.3 Å². The van der Waals surface area contributed by atoms with Crippen molar-refractivity contribution in [2.24, 2.45) is 11.3 Å². The molecule has 6 heteroatoms. The highest BCUT2D eigenvalue weighted by molar-refractivity contribution is 6.01. The maximum Gasteiger partial charge on any atom is 0.323 e. The number of nitrogens with zero attached hydrogens (tertiary/aromatic N) is 1. The molecule has 184 valence electrons. The molecule has 1 aliphatic carbocycles. The molecular weight excluding hydrogens is 418 g/mol. The van der Waals surface area contributed by atoms with Crippen LogP contribution in [-0.4, -0.2) is 41.3 Å². The molecule has 33 heavy (non-hydrogen) atoms. The number of benzene rings is 1. The molecule has 2 fully saturated rings. The van der Waals surface area contributed by atoms with Crippen LogP contribution in [0.2, 0.25) is 0 Å². The summed E-state index contributed by atoms with van der Waals surface area (Å²) in [6, 6.07) is 9.96. The van der Waals surface area contributed by atoms with Gasteiger partial charge in [0.05, 0.1) is 13.2 Å². The fourth-order valence-corrected chi connectivity index (χ4v) is 5.94. The Morgan fingerprint density at radius 2 is 1.45 bits per heavy atom. The van der Waals surface area contributed by atoms with Crippen LogP contribution in [0, 0.1) is 11.3 Å². The van der Waals surface area contributed by atoms with Crippen molar-refractivity contribution in [3.8, 4) is 0 Å². The van der Waals surface area contributed by atoms with Crippen molar-refractivity contribution in [2.75, 3.05) is 13.2 Å². The topological polar surface area (TPSA) is 65.1 Å². The summed E-state index contributed by atoms with van der Waals surface area (Å²) in [7, 11) is 0. The molecular formula is C27H41NO5. The summed E-state index contributed by atoms with van der Waals surface area (Å²) in [5, 5.41) is 2.13. The highest BCUT2D eigenvalue weighted by atomic mass is 16.7. The molecule has 2 aliphatic rings. The Balaban J connectivity index is 2.09. The molecule has 0 bridgehead atoms. The van der Waals surface area contributed by atoms with Crippen LogP contribution in [0.1, 0.15) is 91.7 Å². The van der Waals surface area contributed by atoms with E-state index in [1.54, 1.807) is 13.8 Å². The third kappa shape index (κ3) is 4.97. The van der Waals surface area contributed by atoms with E-state index < -0.39 is 23.5 Å². The number of carbonyl (C=O) groups excluding carboxylic acids is 2. The van der Waals surface area contributed by atoms with Crippen LogP contribution in [0.15, 0.2) is 30.3 Å². The van der Waals surface area contributed by atoms with Crippen LogP contribution in [0.3, 0.4) is 0 Å². The third-order valence-electron chi connectivity index (χ3n) is 7.39. The SMILES string of the molecule is CCOC(=O)C1(C(=O)OCC)CCC[C@H]1[C@@H](ON1C(C)(C)CCCC1(C)C)c1ccccc1. The second-order valence-corrected chi connectivity index (χ2v) is 10.6. The number of hydroxylamine groups is 2. The van der Waals surface area contributed by atoms with E-state index in [1.807, 2.05) is 30.3 Å². The average molecular weight is 460 g/mol. The minimum atomic E-state index is -1.36. The molecule has 0 spiro atoms.